The average molecular weight is 332 g/mol. The Morgan fingerprint density at radius 1 is 1.18 bits per heavy atom. The molecular formula is C16H11Cl2N3O. The van der Waals surface area contributed by atoms with Gasteiger partial charge in [-0.3, -0.25) is 9.78 Å². The lowest BCUT2D eigenvalue weighted by atomic mass is 9.97. The molecule has 2 aromatic heterocycles. The number of fused-ring (bicyclic) bond motifs is 1. The second-order valence-electron chi connectivity index (χ2n) is 4.85. The first-order chi connectivity index (χ1) is 10.5. The summed E-state index contributed by atoms with van der Waals surface area (Å²) in [6, 6.07) is 8.93. The molecule has 0 atom stereocenters. The maximum Gasteiger partial charge on any atom is 0.249 e. The van der Waals surface area contributed by atoms with Gasteiger partial charge >= 0.3 is 0 Å². The van der Waals surface area contributed by atoms with Gasteiger partial charge in [0.2, 0.25) is 5.91 Å². The molecule has 2 heterocycles. The zero-order valence-corrected chi connectivity index (χ0v) is 13.1. The molecule has 0 fully saturated rings. The number of carbonyl (C=O) groups excluding carboxylic acids is 1. The van der Waals surface area contributed by atoms with Crippen molar-refractivity contribution in [2.45, 2.75) is 6.92 Å². The van der Waals surface area contributed by atoms with Gasteiger partial charge in [-0.15, -0.1) is 0 Å². The third-order valence-corrected chi connectivity index (χ3v) is 4.09. The molecular weight excluding hydrogens is 321 g/mol. The highest BCUT2D eigenvalue weighted by molar-refractivity contribution is 6.41. The van der Waals surface area contributed by atoms with Crippen LogP contribution in [0.3, 0.4) is 0 Å². The molecule has 22 heavy (non-hydrogen) atoms. The molecule has 0 bridgehead atoms. The van der Waals surface area contributed by atoms with Crippen LogP contribution in [0, 0.1) is 6.92 Å². The Bertz CT molecular complexity index is 909. The van der Waals surface area contributed by atoms with E-state index < -0.39 is 5.91 Å². The molecule has 3 rings (SSSR count). The Kier molecular flexibility index (Phi) is 3.72. The number of carbonyl (C=O) groups is 1. The second-order valence-corrected chi connectivity index (χ2v) is 5.62. The quantitative estimate of drug-likeness (QED) is 0.721. The average Bonchev–Trinajstić information content (AvgIpc) is 2.47. The van der Waals surface area contributed by atoms with E-state index in [1.54, 1.807) is 18.3 Å². The number of benzene rings is 1. The van der Waals surface area contributed by atoms with Gasteiger partial charge in [0.15, 0.2) is 0 Å². The predicted molar refractivity (Wildman–Crippen MR) is 88.2 cm³/mol. The van der Waals surface area contributed by atoms with Crippen molar-refractivity contribution in [1.29, 1.82) is 0 Å². The summed E-state index contributed by atoms with van der Waals surface area (Å²) in [5.41, 5.74) is 8.88. The largest absolute Gasteiger partial charge is 0.366 e. The van der Waals surface area contributed by atoms with Gasteiger partial charge in [0.05, 0.1) is 16.1 Å². The number of hydrogen-bond acceptors (Lipinski definition) is 3. The predicted octanol–water partition coefficient (Wildman–Crippen LogP) is 4.01. The van der Waals surface area contributed by atoms with E-state index in [4.69, 9.17) is 28.9 Å². The number of nitrogens with zero attached hydrogens (tertiary/aromatic N) is 2. The number of aromatic nitrogens is 2. The van der Waals surface area contributed by atoms with E-state index in [1.807, 2.05) is 25.1 Å². The van der Waals surface area contributed by atoms with Gasteiger partial charge in [-0.25, -0.2) is 4.98 Å². The number of hydrogen-bond donors (Lipinski definition) is 1. The van der Waals surface area contributed by atoms with E-state index in [2.05, 4.69) is 9.97 Å². The number of amides is 1. The molecule has 6 heteroatoms. The molecule has 0 radical (unpaired) electrons. The molecule has 2 N–H and O–H groups in total. The van der Waals surface area contributed by atoms with Gasteiger partial charge in [-0.2, -0.15) is 0 Å². The summed E-state index contributed by atoms with van der Waals surface area (Å²) in [7, 11) is 0. The fourth-order valence-corrected chi connectivity index (χ4v) is 2.72. The number of primary amides is 1. The Morgan fingerprint density at radius 3 is 2.68 bits per heavy atom. The first-order valence-electron chi connectivity index (χ1n) is 6.49. The van der Waals surface area contributed by atoms with Gasteiger partial charge in [0, 0.05) is 22.8 Å². The lowest BCUT2D eigenvalue weighted by Crippen LogP contribution is -2.13. The van der Waals surface area contributed by atoms with Crippen molar-refractivity contribution in [1.82, 2.24) is 9.97 Å². The fourth-order valence-electron chi connectivity index (χ4n) is 2.42. The SMILES string of the molecule is Cc1nccc(C(N)=O)c1-c1ccc2nc(Cl)c(Cl)cc2c1. The Balaban J connectivity index is 2.27. The van der Waals surface area contributed by atoms with Crippen LogP contribution in [0.1, 0.15) is 16.1 Å². The summed E-state index contributed by atoms with van der Waals surface area (Å²) in [4.78, 5) is 20.1. The first-order valence-corrected chi connectivity index (χ1v) is 7.24. The summed E-state index contributed by atoms with van der Waals surface area (Å²) in [5.74, 6) is -0.493. The van der Waals surface area contributed by atoms with Crippen LogP contribution < -0.4 is 5.73 Å². The molecule has 1 amide bonds. The van der Waals surface area contributed by atoms with Gasteiger partial charge < -0.3 is 5.73 Å². The van der Waals surface area contributed by atoms with Crippen LogP contribution in [0.4, 0.5) is 0 Å². The maximum atomic E-state index is 11.7. The highest BCUT2D eigenvalue weighted by Crippen LogP contribution is 2.31. The second kappa shape index (κ2) is 5.55. The van der Waals surface area contributed by atoms with E-state index in [-0.39, 0.29) is 5.15 Å². The van der Waals surface area contributed by atoms with E-state index in [0.717, 1.165) is 22.2 Å². The summed E-state index contributed by atoms with van der Waals surface area (Å²) in [6.07, 6.45) is 1.57. The topological polar surface area (TPSA) is 68.9 Å². The number of halogens is 2. The normalized spacial score (nSPS) is 10.9. The maximum absolute atomic E-state index is 11.7. The minimum atomic E-state index is -0.493. The van der Waals surface area contributed by atoms with Crippen LogP contribution in [-0.2, 0) is 0 Å². The molecule has 0 aliphatic heterocycles. The van der Waals surface area contributed by atoms with Gasteiger partial charge in [-0.05, 0) is 36.8 Å². The smallest absolute Gasteiger partial charge is 0.249 e. The van der Waals surface area contributed by atoms with Crippen LogP contribution in [0.15, 0.2) is 36.5 Å². The van der Waals surface area contributed by atoms with Crippen molar-refractivity contribution < 1.29 is 4.79 Å². The summed E-state index contributed by atoms with van der Waals surface area (Å²) in [5, 5.41) is 1.47. The van der Waals surface area contributed by atoms with Crippen molar-refractivity contribution >= 4 is 40.0 Å². The Morgan fingerprint density at radius 2 is 1.95 bits per heavy atom. The number of pyridine rings is 2. The minimum absolute atomic E-state index is 0.261. The minimum Gasteiger partial charge on any atom is -0.366 e. The Labute approximate surface area is 136 Å². The summed E-state index contributed by atoms with van der Waals surface area (Å²) < 4.78 is 0. The number of rotatable bonds is 2. The molecule has 1 aromatic carbocycles. The van der Waals surface area contributed by atoms with Crippen LogP contribution in [0.25, 0.3) is 22.0 Å². The molecule has 0 unspecified atom stereocenters. The highest BCUT2D eigenvalue weighted by atomic mass is 35.5. The van der Waals surface area contributed by atoms with Crippen LogP contribution in [0.5, 0.6) is 0 Å². The lowest BCUT2D eigenvalue weighted by Gasteiger charge is -2.11. The summed E-state index contributed by atoms with van der Waals surface area (Å²) in [6.45, 7) is 1.83. The van der Waals surface area contributed by atoms with E-state index in [1.165, 1.54) is 0 Å². The van der Waals surface area contributed by atoms with Crippen molar-refractivity contribution in [3.8, 4) is 11.1 Å². The van der Waals surface area contributed by atoms with Crippen molar-refractivity contribution in [3.05, 3.63) is 58.0 Å². The molecule has 4 nitrogen and oxygen atoms in total. The molecule has 0 saturated heterocycles. The zero-order chi connectivity index (χ0) is 15.9. The zero-order valence-electron chi connectivity index (χ0n) is 11.6. The fraction of sp³-hybridized carbons (Fsp3) is 0.0625. The monoisotopic (exact) mass is 331 g/mol. The molecule has 0 aliphatic rings. The highest BCUT2D eigenvalue weighted by Gasteiger charge is 2.14. The summed E-state index contributed by atoms with van der Waals surface area (Å²) >= 11 is 11.9. The van der Waals surface area contributed by atoms with Crippen molar-refractivity contribution in [2.24, 2.45) is 5.73 Å². The molecule has 0 aliphatic carbocycles. The first kappa shape index (κ1) is 14.8. The molecule has 3 aromatic rings. The van der Waals surface area contributed by atoms with Crippen molar-refractivity contribution in [2.75, 3.05) is 0 Å². The number of aryl methyl sites for hydroxylation is 1. The molecule has 110 valence electrons. The van der Waals surface area contributed by atoms with Crippen LogP contribution in [-0.4, -0.2) is 15.9 Å². The molecule has 0 saturated carbocycles. The van der Waals surface area contributed by atoms with Crippen LogP contribution >= 0.6 is 23.2 Å². The molecule has 0 spiro atoms. The van der Waals surface area contributed by atoms with Gasteiger partial charge in [0.1, 0.15) is 5.15 Å². The van der Waals surface area contributed by atoms with E-state index >= 15 is 0 Å². The standard InChI is InChI=1S/C16H11Cl2N3O/c1-8-14(11(16(19)22)4-5-20-8)9-2-3-13-10(6-9)7-12(17)15(18)21-13/h2-7H,1H3,(H2,19,22). The van der Waals surface area contributed by atoms with Gasteiger partial charge in [0.25, 0.3) is 0 Å². The van der Waals surface area contributed by atoms with Crippen LogP contribution in [0.2, 0.25) is 10.2 Å². The van der Waals surface area contributed by atoms with Crippen molar-refractivity contribution in [3.63, 3.8) is 0 Å². The van der Waals surface area contributed by atoms with E-state index in [9.17, 15) is 4.79 Å². The lowest BCUT2D eigenvalue weighted by molar-refractivity contribution is 0.100. The number of nitrogens with two attached hydrogens (primary N) is 1. The Hall–Kier alpha value is -2.17. The third kappa shape index (κ3) is 2.51. The van der Waals surface area contributed by atoms with E-state index in [0.29, 0.717) is 16.1 Å². The van der Waals surface area contributed by atoms with Gasteiger partial charge in [-0.1, -0.05) is 29.3 Å². The third-order valence-electron chi connectivity index (χ3n) is 3.42.